The molecule has 1 amide bonds. The third-order valence-electron chi connectivity index (χ3n) is 2.36. The van der Waals surface area contributed by atoms with Crippen molar-refractivity contribution < 1.29 is 24.2 Å². The normalized spacial score (nSPS) is 11.3. The summed E-state index contributed by atoms with van der Waals surface area (Å²) in [7, 11) is 0. The fourth-order valence-electron chi connectivity index (χ4n) is 1.61. The van der Waals surface area contributed by atoms with Gasteiger partial charge in [-0.3, -0.25) is 5.32 Å². The molecule has 1 rings (SSSR count). The number of anilines is 1. The summed E-state index contributed by atoms with van der Waals surface area (Å²) < 4.78 is 10.6. The van der Waals surface area contributed by atoms with Crippen LogP contribution in [0.3, 0.4) is 0 Å². The summed E-state index contributed by atoms with van der Waals surface area (Å²) >= 11 is 0. The number of rotatable bonds is 5. The van der Waals surface area contributed by atoms with Gasteiger partial charge in [0.05, 0.1) is 12.3 Å². The maximum atomic E-state index is 11.9. The fraction of sp³-hybridized carbons (Fsp3) is 0.375. The van der Waals surface area contributed by atoms with Crippen molar-refractivity contribution in [3.63, 3.8) is 0 Å². The van der Waals surface area contributed by atoms with E-state index >= 15 is 0 Å². The zero-order valence-corrected chi connectivity index (χ0v) is 13.2. The first-order chi connectivity index (χ1) is 10.2. The standard InChI is InChI=1S/C16H21NO5/c1-5-21-13-8-6-11(7-9-14(18)19)10-12(13)17-15(20)22-16(2,3)4/h6-10H,5H2,1-4H3,(H,17,20)(H,18,19)/b9-7-. The van der Waals surface area contributed by atoms with Gasteiger partial charge in [-0.2, -0.15) is 0 Å². The molecule has 1 aromatic rings. The highest BCUT2D eigenvalue weighted by atomic mass is 16.6. The average Bonchev–Trinajstić information content (AvgIpc) is 2.36. The Balaban J connectivity index is 2.99. The highest BCUT2D eigenvalue weighted by molar-refractivity contribution is 5.89. The van der Waals surface area contributed by atoms with Gasteiger partial charge in [0.15, 0.2) is 0 Å². The first-order valence-corrected chi connectivity index (χ1v) is 6.89. The fourth-order valence-corrected chi connectivity index (χ4v) is 1.61. The van der Waals surface area contributed by atoms with Gasteiger partial charge >= 0.3 is 12.1 Å². The summed E-state index contributed by atoms with van der Waals surface area (Å²) in [5.74, 6) is -0.559. The van der Waals surface area contributed by atoms with Gasteiger partial charge in [0.2, 0.25) is 0 Å². The molecule has 0 radical (unpaired) electrons. The Morgan fingerprint density at radius 3 is 2.55 bits per heavy atom. The van der Waals surface area contributed by atoms with Crippen LogP contribution < -0.4 is 10.1 Å². The Morgan fingerprint density at radius 2 is 2.00 bits per heavy atom. The van der Waals surface area contributed by atoms with Gasteiger partial charge in [-0.15, -0.1) is 0 Å². The molecule has 0 unspecified atom stereocenters. The summed E-state index contributed by atoms with van der Waals surface area (Å²) in [6.07, 6.45) is 1.85. The molecule has 0 aliphatic carbocycles. The van der Waals surface area contributed by atoms with Gasteiger partial charge in [-0.1, -0.05) is 6.07 Å². The zero-order valence-electron chi connectivity index (χ0n) is 13.2. The van der Waals surface area contributed by atoms with Crippen LogP contribution in [0.4, 0.5) is 10.5 Å². The molecular formula is C16H21NO5. The third-order valence-corrected chi connectivity index (χ3v) is 2.36. The Hall–Kier alpha value is -2.50. The van der Waals surface area contributed by atoms with Crippen molar-refractivity contribution in [1.82, 2.24) is 0 Å². The lowest BCUT2D eigenvalue weighted by molar-refractivity contribution is -0.131. The number of hydrogen-bond donors (Lipinski definition) is 2. The predicted octanol–water partition coefficient (Wildman–Crippen LogP) is 3.53. The van der Waals surface area contributed by atoms with E-state index in [0.29, 0.717) is 23.6 Å². The smallest absolute Gasteiger partial charge is 0.412 e. The lowest BCUT2D eigenvalue weighted by Gasteiger charge is -2.20. The maximum absolute atomic E-state index is 11.9. The third kappa shape index (κ3) is 6.30. The predicted molar refractivity (Wildman–Crippen MR) is 84.1 cm³/mol. The van der Waals surface area contributed by atoms with Crippen molar-refractivity contribution in [2.45, 2.75) is 33.3 Å². The molecule has 0 aliphatic rings. The molecule has 0 fully saturated rings. The van der Waals surface area contributed by atoms with Gasteiger partial charge in [0.25, 0.3) is 0 Å². The van der Waals surface area contributed by atoms with Crippen molar-refractivity contribution in [2.75, 3.05) is 11.9 Å². The molecule has 0 heterocycles. The van der Waals surface area contributed by atoms with Gasteiger partial charge in [-0.05, 0) is 51.5 Å². The minimum Gasteiger partial charge on any atom is -0.492 e. The van der Waals surface area contributed by atoms with E-state index in [1.54, 1.807) is 39.0 Å². The summed E-state index contributed by atoms with van der Waals surface area (Å²) in [5.41, 5.74) is 0.428. The van der Waals surface area contributed by atoms with Crippen LogP contribution in [0.2, 0.25) is 0 Å². The topological polar surface area (TPSA) is 84.9 Å². The second kappa shape index (κ2) is 7.49. The Labute approximate surface area is 129 Å². The Kier molecular flexibility index (Phi) is 5.98. The number of benzene rings is 1. The number of ether oxygens (including phenoxy) is 2. The van der Waals surface area contributed by atoms with Gasteiger partial charge < -0.3 is 14.6 Å². The largest absolute Gasteiger partial charge is 0.492 e. The molecule has 2 N–H and O–H groups in total. The lowest BCUT2D eigenvalue weighted by Crippen LogP contribution is -2.27. The molecule has 6 nitrogen and oxygen atoms in total. The zero-order chi connectivity index (χ0) is 16.8. The molecule has 120 valence electrons. The molecular weight excluding hydrogens is 286 g/mol. The van der Waals surface area contributed by atoms with Crippen molar-refractivity contribution in [3.8, 4) is 5.75 Å². The van der Waals surface area contributed by atoms with Crippen LogP contribution in [0.5, 0.6) is 5.75 Å². The van der Waals surface area contributed by atoms with Crippen LogP contribution in [0.15, 0.2) is 24.3 Å². The van der Waals surface area contributed by atoms with Crippen LogP contribution >= 0.6 is 0 Å². The number of carbonyl (C=O) groups excluding carboxylic acids is 1. The molecule has 0 bridgehead atoms. The van der Waals surface area contributed by atoms with E-state index in [-0.39, 0.29) is 0 Å². The van der Waals surface area contributed by atoms with E-state index in [1.807, 2.05) is 6.92 Å². The SMILES string of the molecule is CCOc1ccc(/C=C\C(=O)O)cc1NC(=O)OC(C)(C)C. The quantitative estimate of drug-likeness (QED) is 0.813. The number of carboxylic acids is 1. The molecule has 0 aliphatic heterocycles. The van der Waals surface area contributed by atoms with Crippen LogP contribution in [0.1, 0.15) is 33.3 Å². The minimum atomic E-state index is -1.05. The first-order valence-electron chi connectivity index (χ1n) is 6.89. The van der Waals surface area contributed by atoms with E-state index in [1.165, 1.54) is 6.08 Å². The van der Waals surface area contributed by atoms with E-state index in [4.69, 9.17) is 14.6 Å². The maximum Gasteiger partial charge on any atom is 0.412 e. The summed E-state index contributed by atoms with van der Waals surface area (Å²) in [6, 6.07) is 4.98. The second-order valence-electron chi connectivity index (χ2n) is 5.49. The van der Waals surface area contributed by atoms with E-state index in [9.17, 15) is 9.59 Å². The van der Waals surface area contributed by atoms with Gasteiger partial charge in [0.1, 0.15) is 11.4 Å². The van der Waals surface area contributed by atoms with Gasteiger partial charge in [0, 0.05) is 6.08 Å². The summed E-state index contributed by atoms with van der Waals surface area (Å²) in [6.45, 7) is 7.56. The Bertz CT molecular complexity index is 572. The molecule has 1 aromatic carbocycles. The highest BCUT2D eigenvalue weighted by Crippen LogP contribution is 2.27. The van der Waals surface area contributed by atoms with Gasteiger partial charge in [-0.25, -0.2) is 9.59 Å². The van der Waals surface area contributed by atoms with E-state index < -0.39 is 17.7 Å². The number of hydrogen-bond acceptors (Lipinski definition) is 4. The number of nitrogens with one attached hydrogen (secondary N) is 1. The lowest BCUT2D eigenvalue weighted by atomic mass is 10.1. The highest BCUT2D eigenvalue weighted by Gasteiger charge is 2.17. The number of aliphatic carboxylic acids is 1. The molecule has 0 saturated carbocycles. The number of carbonyl (C=O) groups is 2. The number of amides is 1. The van der Waals surface area contributed by atoms with E-state index in [2.05, 4.69) is 5.32 Å². The minimum absolute atomic E-state index is 0.420. The summed E-state index contributed by atoms with van der Waals surface area (Å²) in [4.78, 5) is 22.4. The van der Waals surface area contributed by atoms with Crippen LogP contribution in [-0.2, 0) is 9.53 Å². The van der Waals surface area contributed by atoms with Crippen LogP contribution in [-0.4, -0.2) is 29.4 Å². The second-order valence-corrected chi connectivity index (χ2v) is 5.49. The molecule has 0 spiro atoms. The van der Waals surface area contributed by atoms with E-state index in [0.717, 1.165) is 6.08 Å². The van der Waals surface area contributed by atoms with Crippen LogP contribution in [0, 0.1) is 0 Å². The molecule has 0 aromatic heterocycles. The average molecular weight is 307 g/mol. The molecule has 6 heteroatoms. The summed E-state index contributed by atoms with van der Waals surface area (Å²) in [5, 5.41) is 11.3. The molecule has 22 heavy (non-hydrogen) atoms. The Morgan fingerprint density at radius 1 is 1.32 bits per heavy atom. The van der Waals surface area contributed by atoms with Crippen molar-refractivity contribution >= 4 is 23.8 Å². The first kappa shape index (κ1) is 17.6. The number of carboxylic acid groups (broad SMARTS) is 1. The molecule has 0 saturated heterocycles. The van der Waals surface area contributed by atoms with Crippen molar-refractivity contribution in [1.29, 1.82) is 0 Å². The molecule has 0 atom stereocenters. The van der Waals surface area contributed by atoms with Crippen molar-refractivity contribution in [3.05, 3.63) is 29.8 Å². The van der Waals surface area contributed by atoms with Crippen molar-refractivity contribution in [2.24, 2.45) is 0 Å². The van der Waals surface area contributed by atoms with Crippen LogP contribution in [0.25, 0.3) is 6.08 Å². The monoisotopic (exact) mass is 307 g/mol.